The van der Waals surface area contributed by atoms with Crippen molar-refractivity contribution in [3.63, 3.8) is 0 Å². The average molecular weight is 363 g/mol. The summed E-state index contributed by atoms with van der Waals surface area (Å²) in [5, 5.41) is 3.58. The van der Waals surface area contributed by atoms with Crippen LogP contribution in [0.2, 0.25) is 0 Å². The van der Waals surface area contributed by atoms with Gasteiger partial charge in [0.05, 0.1) is 0 Å². The van der Waals surface area contributed by atoms with Gasteiger partial charge in [-0.2, -0.15) is 0 Å². The number of amides is 1. The van der Waals surface area contributed by atoms with Crippen LogP contribution in [0.25, 0.3) is 0 Å². The van der Waals surface area contributed by atoms with E-state index in [0.29, 0.717) is 5.92 Å². The minimum atomic E-state index is 0.121. The molecular weight excluding hydrogens is 328 g/mol. The molecular formula is C21H34N2OS. The van der Waals surface area contributed by atoms with E-state index in [1.165, 1.54) is 24.0 Å². The lowest BCUT2D eigenvalue weighted by Gasteiger charge is -2.34. The van der Waals surface area contributed by atoms with Gasteiger partial charge in [-0.3, -0.25) is 4.79 Å². The van der Waals surface area contributed by atoms with Gasteiger partial charge in [-0.15, -0.1) is 11.8 Å². The molecule has 1 aliphatic heterocycles. The van der Waals surface area contributed by atoms with Crippen LogP contribution in [-0.4, -0.2) is 36.7 Å². The second-order valence-corrected chi connectivity index (χ2v) is 9.47. The van der Waals surface area contributed by atoms with Gasteiger partial charge in [-0.05, 0) is 60.6 Å². The average Bonchev–Trinajstić information content (AvgIpc) is 2.61. The maximum Gasteiger partial charge on any atom is 0.210 e. The van der Waals surface area contributed by atoms with E-state index in [-0.39, 0.29) is 10.8 Å². The summed E-state index contributed by atoms with van der Waals surface area (Å²) >= 11 is 1.87. The molecule has 3 nitrogen and oxygen atoms in total. The van der Waals surface area contributed by atoms with Crippen LogP contribution < -0.4 is 5.32 Å². The normalized spacial score (nSPS) is 17.3. The minimum Gasteiger partial charge on any atom is -0.329 e. The number of hydrogen-bond acceptors (Lipinski definition) is 3. The second kappa shape index (κ2) is 9.63. The van der Waals surface area contributed by atoms with Gasteiger partial charge in [-0.25, -0.2) is 0 Å². The van der Waals surface area contributed by atoms with Crippen molar-refractivity contribution in [1.29, 1.82) is 0 Å². The molecule has 0 radical (unpaired) electrons. The zero-order chi connectivity index (χ0) is 18.3. The summed E-state index contributed by atoms with van der Waals surface area (Å²) in [5.41, 5.74) is 3.01. The Morgan fingerprint density at radius 2 is 1.96 bits per heavy atom. The Bertz CT molecular complexity index is 535. The molecule has 1 heterocycles. The van der Waals surface area contributed by atoms with Crippen molar-refractivity contribution in [3.8, 4) is 0 Å². The lowest BCUT2D eigenvalue weighted by Crippen LogP contribution is -2.31. The SMILES string of the molecule is CCSC(c1ccccc1C1CCNCC1)N(C=O)CCC(C)(C)C. The molecule has 1 unspecified atom stereocenters. The van der Waals surface area contributed by atoms with Crippen molar-refractivity contribution in [2.75, 3.05) is 25.4 Å². The maximum absolute atomic E-state index is 11.9. The quantitative estimate of drug-likeness (QED) is 0.532. The molecule has 25 heavy (non-hydrogen) atoms. The number of nitrogens with zero attached hydrogens (tertiary/aromatic N) is 1. The number of piperidine rings is 1. The molecule has 0 saturated carbocycles. The monoisotopic (exact) mass is 362 g/mol. The molecule has 2 rings (SSSR count). The van der Waals surface area contributed by atoms with Gasteiger partial charge < -0.3 is 10.2 Å². The van der Waals surface area contributed by atoms with E-state index in [4.69, 9.17) is 0 Å². The molecule has 1 fully saturated rings. The summed E-state index contributed by atoms with van der Waals surface area (Å²) in [6.07, 6.45) is 4.44. The maximum atomic E-state index is 11.9. The first-order valence-electron chi connectivity index (χ1n) is 9.58. The number of thioether (sulfide) groups is 1. The molecule has 0 spiro atoms. The van der Waals surface area contributed by atoms with Crippen LogP contribution in [0.15, 0.2) is 24.3 Å². The van der Waals surface area contributed by atoms with Gasteiger partial charge in [0.1, 0.15) is 5.37 Å². The summed E-state index contributed by atoms with van der Waals surface area (Å²) in [6, 6.07) is 8.78. The van der Waals surface area contributed by atoms with Crippen LogP contribution >= 0.6 is 11.8 Å². The molecule has 0 aromatic heterocycles. The zero-order valence-electron chi connectivity index (χ0n) is 16.3. The van der Waals surface area contributed by atoms with E-state index in [9.17, 15) is 4.79 Å². The van der Waals surface area contributed by atoms with Crippen LogP contribution in [0.4, 0.5) is 0 Å². The molecule has 140 valence electrons. The van der Waals surface area contributed by atoms with Crippen LogP contribution in [0.1, 0.15) is 69.4 Å². The Morgan fingerprint density at radius 3 is 2.56 bits per heavy atom. The second-order valence-electron chi connectivity index (χ2n) is 8.11. The van der Waals surface area contributed by atoms with Crippen molar-refractivity contribution in [3.05, 3.63) is 35.4 Å². The highest BCUT2D eigenvalue weighted by atomic mass is 32.2. The summed E-state index contributed by atoms with van der Waals surface area (Å²) < 4.78 is 0. The number of benzene rings is 1. The van der Waals surface area contributed by atoms with Crippen LogP contribution in [0.3, 0.4) is 0 Å². The molecule has 4 heteroatoms. The summed E-state index contributed by atoms with van der Waals surface area (Å²) in [7, 11) is 0. The van der Waals surface area contributed by atoms with E-state index >= 15 is 0 Å². The van der Waals surface area contributed by atoms with E-state index < -0.39 is 0 Å². The van der Waals surface area contributed by atoms with Gasteiger partial charge in [0.25, 0.3) is 0 Å². The third-order valence-corrected chi connectivity index (χ3v) is 6.10. The predicted molar refractivity (Wildman–Crippen MR) is 109 cm³/mol. The van der Waals surface area contributed by atoms with Gasteiger partial charge in [-0.1, -0.05) is 52.0 Å². The van der Waals surface area contributed by atoms with Crippen LogP contribution in [0, 0.1) is 5.41 Å². The first kappa shape index (κ1) is 20.3. The zero-order valence-corrected chi connectivity index (χ0v) is 17.1. The fraction of sp³-hybridized carbons (Fsp3) is 0.667. The minimum absolute atomic E-state index is 0.121. The van der Waals surface area contributed by atoms with Crippen LogP contribution in [-0.2, 0) is 4.79 Å². The smallest absolute Gasteiger partial charge is 0.210 e. The highest BCUT2D eigenvalue weighted by Gasteiger charge is 2.26. The molecule has 1 atom stereocenters. The summed E-state index contributed by atoms with van der Waals surface area (Å²) in [6.45, 7) is 11.9. The number of hydrogen-bond donors (Lipinski definition) is 1. The Balaban J connectivity index is 2.27. The molecule has 1 amide bonds. The van der Waals surface area contributed by atoms with Crippen molar-refractivity contribution in [2.24, 2.45) is 5.41 Å². The fourth-order valence-electron chi connectivity index (χ4n) is 3.45. The third-order valence-electron chi connectivity index (χ3n) is 4.92. The number of rotatable bonds is 8. The molecule has 1 N–H and O–H groups in total. The van der Waals surface area contributed by atoms with Gasteiger partial charge in [0, 0.05) is 6.54 Å². The van der Waals surface area contributed by atoms with Gasteiger partial charge in [0.2, 0.25) is 6.41 Å². The van der Waals surface area contributed by atoms with E-state index in [1.54, 1.807) is 0 Å². The number of carbonyl (C=O) groups excluding carboxylic acids is 1. The first-order valence-corrected chi connectivity index (χ1v) is 10.6. The Morgan fingerprint density at radius 1 is 1.28 bits per heavy atom. The lowest BCUT2D eigenvalue weighted by molar-refractivity contribution is -0.119. The molecule has 0 bridgehead atoms. The van der Waals surface area contributed by atoms with Crippen molar-refractivity contribution < 1.29 is 4.79 Å². The van der Waals surface area contributed by atoms with E-state index in [2.05, 4.69) is 57.3 Å². The predicted octanol–water partition coefficient (Wildman–Crippen LogP) is 4.80. The van der Waals surface area contributed by atoms with Crippen LogP contribution in [0.5, 0.6) is 0 Å². The number of carbonyl (C=O) groups is 1. The fourth-order valence-corrected chi connectivity index (χ4v) is 4.51. The molecule has 0 aliphatic carbocycles. The highest BCUT2D eigenvalue weighted by molar-refractivity contribution is 7.99. The first-order chi connectivity index (χ1) is 12.0. The summed E-state index contributed by atoms with van der Waals surface area (Å²) in [4.78, 5) is 13.9. The lowest BCUT2D eigenvalue weighted by atomic mass is 9.86. The van der Waals surface area contributed by atoms with Crippen molar-refractivity contribution in [1.82, 2.24) is 10.2 Å². The van der Waals surface area contributed by atoms with E-state index in [1.807, 2.05) is 16.7 Å². The molecule has 1 aromatic rings. The Kier molecular flexibility index (Phi) is 7.82. The highest BCUT2D eigenvalue weighted by Crippen LogP contribution is 2.39. The topological polar surface area (TPSA) is 32.3 Å². The standard InChI is InChI=1S/C21H34N2OS/c1-5-25-20(23(16-24)15-12-21(2,3)4)19-9-7-6-8-18(19)17-10-13-22-14-11-17/h6-9,16-17,20,22H,5,10-15H2,1-4H3. The number of nitrogens with one attached hydrogen (secondary N) is 1. The Hall–Kier alpha value is -1.00. The third kappa shape index (κ3) is 6.03. The Labute approximate surface area is 157 Å². The van der Waals surface area contributed by atoms with Gasteiger partial charge in [0.15, 0.2) is 0 Å². The van der Waals surface area contributed by atoms with E-state index in [0.717, 1.165) is 38.2 Å². The summed E-state index contributed by atoms with van der Waals surface area (Å²) in [5.74, 6) is 1.61. The van der Waals surface area contributed by atoms with Gasteiger partial charge >= 0.3 is 0 Å². The molecule has 1 saturated heterocycles. The molecule has 1 aromatic carbocycles. The van der Waals surface area contributed by atoms with Crippen molar-refractivity contribution in [2.45, 2.75) is 58.2 Å². The largest absolute Gasteiger partial charge is 0.329 e. The van der Waals surface area contributed by atoms with Crippen molar-refractivity contribution >= 4 is 18.2 Å². The molecule has 1 aliphatic rings.